The second-order valence-corrected chi connectivity index (χ2v) is 50.4. The Kier molecular flexibility index (Phi) is 13.6. The maximum absolute atomic E-state index is 6.64. The monoisotopic (exact) mass is 720 g/mol. The van der Waals surface area contributed by atoms with E-state index < -0.39 is 75.2 Å². The standard InChI is InChI=1S/C18H54Cl2O8Si9/c1-29(2,19)21-31(5,6)23-33(9,10)25-35(13,14)27-37(17,18)28-36(15,16)26-34(11,12)24-32(7,8)22-30(3,4)20/h1-18H3. The molecule has 0 bridgehead atoms. The van der Waals surface area contributed by atoms with E-state index in [-0.39, 0.29) is 0 Å². The molecule has 0 heterocycles. The maximum Gasteiger partial charge on any atom is 0.314 e. The highest BCUT2D eigenvalue weighted by molar-refractivity contribution is 7.18. The van der Waals surface area contributed by atoms with Crippen LogP contribution in [0, 0.1) is 0 Å². The first-order valence-electron chi connectivity index (χ1n) is 12.6. The van der Waals surface area contributed by atoms with Crippen LogP contribution in [0.1, 0.15) is 0 Å². The van der Waals surface area contributed by atoms with Crippen molar-refractivity contribution >= 4 is 97.3 Å². The van der Waals surface area contributed by atoms with E-state index in [4.69, 9.17) is 55.1 Å². The van der Waals surface area contributed by atoms with E-state index in [1.54, 1.807) is 0 Å². The van der Waals surface area contributed by atoms with Gasteiger partial charge in [0.1, 0.15) is 0 Å². The lowest BCUT2D eigenvalue weighted by Crippen LogP contribution is -2.61. The minimum absolute atomic E-state index is 1.95. The Morgan fingerprint density at radius 2 is 0.351 bits per heavy atom. The fourth-order valence-corrected chi connectivity index (χ4v) is 49.8. The lowest BCUT2D eigenvalue weighted by atomic mass is 11.9. The SMILES string of the molecule is C[Si](C)(Cl)O[Si](C)(C)O[Si](C)(C)O[Si](C)(C)O[Si](C)(C)O[Si](C)(C)O[Si](C)(C)O[Si](C)(C)O[Si](C)(C)Cl. The molecule has 0 aromatic rings. The molecule has 0 N–H and O–H groups in total. The van der Waals surface area contributed by atoms with E-state index in [9.17, 15) is 0 Å². The summed E-state index contributed by atoms with van der Waals surface area (Å²) >= 11 is 12.9. The van der Waals surface area contributed by atoms with Crippen LogP contribution in [0.3, 0.4) is 0 Å². The second kappa shape index (κ2) is 12.8. The largest absolute Gasteiger partial charge is 0.425 e. The van der Waals surface area contributed by atoms with Gasteiger partial charge in [-0.2, -0.15) is 0 Å². The Morgan fingerprint density at radius 3 is 0.459 bits per heavy atom. The molecule has 0 radical (unpaired) electrons. The van der Waals surface area contributed by atoms with Crippen molar-refractivity contribution in [2.75, 3.05) is 0 Å². The van der Waals surface area contributed by atoms with Crippen LogP contribution in [0.4, 0.5) is 0 Å². The predicted molar refractivity (Wildman–Crippen MR) is 178 cm³/mol. The molecule has 0 atom stereocenters. The van der Waals surface area contributed by atoms with Crippen LogP contribution in [0.15, 0.2) is 0 Å². The summed E-state index contributed by atoms with van der Waals surface area (Å²) in [5, 5.41) is 0. The average Bonchev–Trinajstić information content (AvgIpc) is 2.29. The second-order valence-electron chi connectivity index (χ2n) is 13.3. The summed E-state index contributed by atoms with van der Waals surface area (Å²) < 4.78 is 51.7. The highest BCUT2D eigenvalue weighted by Gasteiger charge is 2.49. The molecule has 0 unspecified atom stereocenters. The highest BCUT2D eigenvalue weighted by atomic mass is 35.6. The van der Waals surface area contributed by atoms with E-state index in [2.05, 4.69) is 0 Å². The smallest absolute Gasteiger partial charge is 0.314 e. The van der Waals surface area contributed by atoms with Gasteiger partial charge < -0.3 is 32.9 Å². The summed E-state index contributed by atoms with van der Waals surface area (Å²) in [6, 6.07) is 0. The third-order valence-corrected chi connectivity index (χ3v) is 36.7. The predicted octanol–water partition coefficient (Wildman–Crippen LogP) is 7.91. The average molecular weight is 722 g/mol. The fourth-order valence-electron chi connectivity index (χ4n) is 4.87. The van der Waals surface area contributed by atoms with E-state index in [0.29, 0.717) is 0 Å². The van der Waals surface area contributed by atoms with Crippen LogP contribution < -0.4 is 0 Å². The van der Waals surface area contributed by atoms with Crippen LogP contribution in [0.2, 0.25) is 118 Å². The van der Waals surface area contributed by atoms with E-state index >= 15 is 0 Å². The summed E-state index contributed by atoms with van der Waals surface area (Å²) in [5.41, 5.74) is 0. The molecule has 0 aromatic carbocycles. The summed E-state index contributed by atoms with van der Waals surface area (Å²) in [5.74, 6) is 0. The molecule has 0 aromatic heterocycles. The van der Waals surface area contributed by atoms with Gasteiger partial charge in [-0.05, 0) is 118 Å². The quantitative estimate of drug-likeness (QED) is 0.118. The number of hydrogen-bond donors (Lipinski definition) is 0. The first kappa shape index (κ1) is 39.2. The first-order valence-corrected chi connectivity index (χ1v) is 40.2. The fraction of sp³-hybridized carbons (Fsp3) is 1.00. The Morgan fingerprint density at radius 1 is 0.243 bits per heavy atom. The zero-order valence-corrected chi connectivity index (χ0v) is 37.0. The molecule has 37 heavy (non-hydrogen) atoms. The van der Waals surface area contributed by atoms with Gasteiger partial charge in [-0.25, -0.2) is 0 Å². The van der Waals surface area contributed by atoms with Crippen LogP contribution in [-0.4, -0.2) is 75.2 Å². The third kappa shape index (κ3) is 19.9. The van der Waals surface area contributed by atoms with Crippen molar-refractivity contribution in [2.45, 2.75) is 118 Å². The van der Waals surface area contributed by atoms with Crippen molar-refractivity contribution in [3.8, 4) is 0 Å². The number of hydrogen-bond acceptors (Lipinski definition) is 8. The summed E-state index contributed by atoms with van der Waals surface area (Å²) in [7, 11) is -22.4. The van der Waals surface area contributed by atoms with Crippen LogP contribution in [-0.2, 0) is 32.9 Å². The van der Waals surface area contributed by atoms with Crippen molar-refractivity contribution in [1.29, 1.82) is 0 Å². The zero-order valence-electron chi connectivity index (χ0n) is 26.5. The van der Waals surface area contributed by atoms with Crippen molar-refractivity contribution in [2.24, 2.45) is 0 Å². The Bertz CT molecular complexity index is 694. The summed E-state index contributed by atoms with van der Waals surface area (Å²) in [4.78, 5) is 0. The maximum atomic E-state index is 6.64. The molecule has 0 spiro atoms. The molecule has 0 aliphatic carbocycles. The van der Waals surface area contributed by atoms with Gasteiger partial charge in [0.2, 0.25) is 0 Å². The lowest BCUT2D eigenvalue weighted by molar-refractivity contribution is 0.261. The molecule has 8 nitrogen and oxygen atoms in total. The normalized spacial score (nSPS) is 15.9. The minimum Gasteiger partial charge on any atom is -0.425 e. The summed E-state index contributed by atoms with van der Waals surface area (Å²) in [6.07, 6.45) is 0. The van der Waals surface area contributed by atoms with Crippen molar-refractivity contribution in [1.82, 2.24) is 0 Å². The van der Waals surface area contributed by atoms with E-state index in [1.807, 2.05) is 118 Å². The first-order chi connectivity index (χ1) is 15.7. The molecule has 19 heteroatoms. The number of rotatable bonds is 16. The molecule has 0 fully saturated rings. The molecule has 0 rings (SSSR count). The molecule has 0 amide bonds. The van der Waals surface area contributed by atoms with Gasteiger partial charge in [0, 0.05) is 0 Å². The van der Waals surface area contributed by atoms with Gasteiger partial charge in [-0.1, -0.05) is 0 Å². The molecule has 0 aliphatic rings. The third-order valence-electron chi connectivity index (χ3n) is 3.93. The lowest BCUT2D eigenvalue weighted by Gasteiger charge is -2.44. The van der Waals surface area contributed by atoms with E-state index in [0.717, 1.165) is 0 Å². The molecule has 0 saturated heterocycles. The van der Waals surface area contributed by atoms with Crippen molar-refractivity contribution < 1.29 is 32.9 Å². The highest BCUT2D eigenvalue weighted by Crippen LogP contribution is 2.30. The summed E-state index contributed by atoms with van der Waals surface area (Å²) in [6.45, 7) is 36.3. The van der Waals surface area contributed by atoms with Gasteiger partial charge in [-0.3, -0.25) is 0 Å². The molecule has 0 saturated carbocycles. The topological polar surface area (TPSA) is 73.8 Å². The van der Waals surface area contributed by atoms with Gasteiger partial charge in [-0.15, -0.1) is 22.2 Å². The van der Waals surface area contributed by atoms with Crippen LogP contribution in [0.5, 0.6) is 0 Å². The number of halogens is 2. The van der Waals surface area contributed by atoms with Crippen LogP contribution in [0.25, 0.3) is 0 Å². The van der Waals surface area contributed by atoms with Crippen molar-refractivity contribution in [3.05, 3.63) is 0 Å². The van der Waals surface area contributed by atoms with Crippen LogP contribution >= 0.6 is 22.2 Å². The molecular formula is C18H54Cl2O8Si9. The van der Waals surface area contributed by atoms with Gasteiger partial charge >= 0.3 is 59.9 Å². The van der Waals surface area contributed by atoms with Gasteiger partial charge in [0.05, 0.1) is 0 Å². The Hall–Kier alpha value is 2.21. The van der Waals surface area contributed by atoms with Crippen molar-refractivity contribution in [3.63, 3.8) is 0 Å². The van der Waals surface area contributed by atoms with Gasteiger partial charge in [0.15, 0.2) is 0 Å². The zero-order chi connectivity index (χ0) is 30.2. The van der Waals surface area contributed by atoms with Gasteiger partial charge in [0.25, 0.3) is 15.3 Å². The molecular weight excluding hydrogens is 668 g/mol. The van der Waals surface area contributed by atoms with E-state index in [1.165, 1.54) is 0 Å². The Labute approximate surface area is 246 Å². The Balaban J connectivity index is 5.36. The minimum atomic E-state index is -2.63. The molecule has 224 valence electrons. The molecule has 0 aliphatic heterocycles.